The molecule has 0 aliphatic carbocycles. The van der Waals surface area contributed by atoms with Crippen molar-refractivity contribution in [3.63, 3.8) is 0 Å². The lowest BCUT2D eigenvalue weighted by atomic mass is 10.2. The third-order valence-corrected chi connectivity index (χ3v) is 2.87. The van der Waals surface area contributed by atoms with Crippen molar-refractivity contribution >= 4 is 28.9 Å². The van der Waals surface area contributed by atoms with Crippen LogP contribution in [0.4, 0.5) is 5.69 Å². The van der Waals surface area contributed by atoms with Crippen molar-refractivity contribution in [2.75, 3.05) is 5.32 Å². The van der Waals surface area contributed by atoms with E-state index in [2.05, 4.69) is 11.4 Å². The Morgan fingerprint density at radius 3 is 2.17 bits per heavy atom. The summed E-state index contributed by atoms with van der Waals surface area (Å²) in [4.78, 5) is 0. The van der Waals surface area contributed by atoms with Crippen LogP contribution in [0.5, 0.6) is 0 Å². The van der Waals surface area contributed by atoms with Crippen molar-refractivity contribution in [3.05, 3.63) is 63.6 Å². The van der Waals surface area contributed by atoms with Crippen molar-refractivity contribution in [3.8, 4) is 6.07 Å². The average molecular weight is 277 g/mol. The van der Waals surface area contributed by atoms with E-state index in [1.807, 2.05) is 24.3 Å². The zero-order valence-electron chi connectivity index (χ0n) is 9.45. The fourth-order valence-corrected chi connectivity index (χ4v) is 2.15. The highest BCUT2D eigenvalue weighted by molar-refractivity contribution is 6.34. The van der Waals surface area contributed by atoms with E-state index >= 15 is 0 Å². The molecule has 0 aliphatic rings. The Morgan fingerprint density at radius 1 is 1.00 bits per heavy atom. The van der Waals surface area contributed by atoms with Crippen molar-refractivity contribution < 1.29 is 0 Å². The van der Waals surface area contributed by atoms with E-state index in [-0.39, 0.29) is 0 Å². The smallest absolute Gasteiger partial charge is 0.0991 e. The minimum Gasteiger partial charge on any atom is -0.381 e. The molecule has 0 saturated carbocycles. The summed E-state index contributed by atoms with van der Waals surface area (Å²) >= 11 is 11.8. The topological polar surface area (TPSA) is 35.8 Å². The van der Waals surface area contributed by atoms with Gasteiger partial charge in [0, 0.05) is 22.3 Å². The lowest BCUT2D eigenvalue weighted by Crippen LogP contribution is -1.99. The number of rotatable bonds is 3. The first-order valence-corrected chi connectivity index (χ1v) is 6.12. The van der Waals surface area contributed by atoms with Crippen molar-refractivity contribution in [1.82, 2.24) is 0 Å². The van der Waals surface area contributed by atoms with Crippen molar-refractivity contribution in [2.24, 2.45) is 0 Å². The summed E-state index contributed by atoms with van der Waals surface area (Å²) in [6.45, 7) is 0.631. The first-order chi connectivity index (χ1) is 8.67. The third-order valence-electron chi connectivity index (χ3n) is 2.43. The molecule has 0 radical (unpaired) electrons. The molecule has 2 nitrogen and oxygen atoms in total. The number of halogens is 2. The molecule has 0 saturated heterocycles. The number of benzene rings is 2. The minimum atomic E-state index is 0.624. The summed E-state index contributed by atoms with van der Waals surface area (Å²) in [5.41, 5.74) is 2.60. The zero-order chi connectivity index (χ0) is 13.0. The van der Waals surface area contributed by atoms with Crippen LogP contribution in [0.1, 0.15) is 11.1 Å². The van der Waals surface area contributed by atoms with Crippen LogP contribution >= 0.6 is 23.2 Å². The van der Waals surface area contributed by atoms with Crippen molar-refractivity contribution in [1.29, 1.82) is 5.26 Å². The van der Waals surface area contributed by atoms with Gasteiger partial charge in [-0.1, -0.05) is 23.2 Å². The van der Waals surface area contributed by atoms with Gasteiger partial charge in [0.15, 0.2) is 0 Å². The van der Waals surface area contributed by atoms with E-state index in [0.717, 1.165) is 11.3 Å². The Morgan fingerprint density at radius 2 is 1.61 bits per heavy atom. The van der Waals surface area contributed by atoms with E-state index < -0.39 is 0 Å². The monoisotopic (exact) mass is 276 g/mol. The Labute approximate surface area is 116 Å². The molecule has 0 fully saturated rings. The standard InChI is InChI=1S/C14H10Cl2N2/c15-12-5-11(6-13(16)7-12)9-18-14-3-1-10(8-17)2-4-14/h1-7,18H,9H2. The van der Waals surface area contributed by atoms with Gasteiger partial charge in [0.1, 0.15) is 0 Å². The first-order valence-electron chi connectivity index (χ1n) is 5.36. The summed E-state index contributed by atoms with van der Waals surface area (Å²) in [7, 11) is 0. The zero-order valence-corrected chi connectivity index (χ0v) is 11.0. The number of nitriles is 1. The average Bonchev–Trinajstić information content (AvgIpc) is 2.36. The van der Waals surface area contributed by atoms with Gasteiger partial charge in [0.25, 0.3) is 0 Å². The predicted molar refractivity (Wildman–Crippen MR) is 74.9 cm³/mol. The minimum absolute atomic E-state index is 0.624. The van der Waals surface area contributed by atoms with E-state index in [9.17, 15) is 0 Å². The van der Waals surface area contributed by atoms with E-state index in [0.29, 0.717) is 22.2 Å². The molecular weight excluding hydrogens is 267 g/mol. The molecule has 2 aromatic rings. The molecule has 1 N–H and O–H groups in total. The quantitative estimate of drug-likeness (QED) is 0.898. The van der Waals surface area contributed by atoms with Gasteiger partial charge < -0.3 is 5.32 Å². The fourth-order valence-electron chi connectivity index (χ4n) is 1.58. The number of hydrogen-bond acceptors (Lipinski definition) is 2. The summed E-state index contributed by atoms with van der Waals surface area (Å²) < 4.78 is 0. The van der Waals surface area contributed by atoms with Crippen LogP contribution in [0.25, 0.3) is 0 Å². The van der Waals surface area contributed by atoms with Gasteiger partial charge in [0.05, 0.1) is 11.6 Å². The van der Waals surface area contributed by atoms with Gasteiger partial charge in [-0.05, 0) is 48.0 Å². The maximum Gasteiger partial charge on any atom is 0.0991 e. The summed E-state index contributed by atoms with van der Waals surface area (Å²) in [6, 6.07) is 14.8. The van der Waals surface area contributed by atoms with Crippen LogP contribution in [0.2, 0.25) is 10.0 Å². The van der Waals surface area contributed by atoms with Crippen LogP contribution in [-0.2, 0) is 6.54 Å². The number of hydrogen-bond donors (Lipinski definition) is 1. The fraction of sp³-hybridized carbons (Fsp3) is 0.0714. The molecule has 0 amide bonds. The van der Waals surface area contributed by atoms with Crippen LogP contribution < -0.4 is 5.32 Å². The Bertz CT molecular complexity index is 565. The second-order valence-electron chi connectivity index (χ2n) is 3.82. The van der Waals surface area contributed by atoms with Gasteiger partial charge in [-0.3, -0.25) is 0 Å². The van der Waals surface area contributed by atoms with Crippen LogP contribution in [0.15, 0.2) is 42.5 Å². The maximum atomic E-state index is 8.70. The molecule has 0 aliphatic heterocycles. The molecule has 2 rings (SSSR count). The second-order valence-corrected chi connectivity index (χ2v) is 4.69. The van der Waals surface area contributed by atoms with Gasteiger partial charge in [-0.25, -0.2) is 0 Å². The highest BCUT2D eigenvalue weighted by Crippen LogP contribution is 2.20. The molecule has 0 atom stereocenters. The molecule has 0 spiro atoms. The summed E-state index contributed by atoms with van der Waals surface area (Å²) in [5.74, 6) is 0. The van der Waals surface area contributed by atoms with E-state index in [1.165, 1.54) is 0 Å². The molecule has 0 bridgehead atoms. The molecule has 4 heteroatoms. The van der Waals surface area contributed by atoms with Gasteiger partial charge in [-0.2, -0.15) is 5.26 Å². The third kappa shape index (κ3) is 3.40. The lowest BCUT2D eigenvalue weighted by molar-refractivity contribution is 1.15. The predicted octanol–water partition coefficient (Wildman–Crippen LogP) is 4.48. The van der Waals surface area contributed by atoms with Gasteiger partial charge >= 0.3 is 0 Å². The van der Waals surface area contributed by atoms with Gasteiger partial charge in [0.2, 0.25) is 0 Å². The molecule has 2 aromatic carbocycles. The summed E-state index contributed by atoms with van der Waals surface area (Å²) in [5, 5.41) is 13.2. The Balaban J connectivity index is 2.04. The normalized spacial score (nSPS) is 9.83. The van der Waals surface area contributed by atoms with Crippen LogP contribution in [0, 0.1) is 11.3 Å². The number of nitrogens with one attached hydrogen (secondary N) is 1. The molecule has 18 heavy (non-hydrogen) atoms. The molecule has 0 aromatic heterocycles. The number of nitrogens with zero attached hydrogens (tertiary/aromatic N) is 1. The molecule has 0 unspecified atom stereocenters. The molecule has 90 valence electrons. The first kappa shape index (κ1) is 12.8. The van der Waals surface area contributed by atoms with Crippen molar-refractivity contribution in [2.45, 2.75) is 6.54 Å². The second kappa shape index (κ2) is 5.77. The highest BCUT2D eigenvalue weighted by Gasteiger charge is 1.99. The van der Waals surface area contributed by atoms with E-state index in [4.69, 9.17) is 28.5 Å². The summed E-state index contributed by atoms with van der Waals surface area (Å²) in [6.07, 6.45) is 0. The van der Waals surface area contributed by atoms with Gasteiger partial charge in [-0.15, -0.1) is 0 Å². The van der Waals surface area contributed by atoms with E-state index in [1.54, 1.807) is 18.2 Å². The SMILES string of the molecule is N#Cc1ccc(NCc2cc(Cl)cc(Cl)c2)cc1. The maximum absolute atomic E-state index is 8.70. The largest absolute Gasteiger partial charge is 0.381 e. The Kier molecular flexibility index (Phi) is 4.09. The molecular formula is C14H10Cl2N2. The Hall–Kier alpha value is -1.69. The lowest BCUT2D eigenvalue weighted by Gasteiger charge is -2.07. The highest BCUT2D eigenvalue weighted by atomic mass is 35.5. The van der Waals surface area contributed by atoms with Crippen LogP contribution in [0.3, 0.4) is 0 Å². The van der Waals surface area contributed by atoms with Crippen LogP contribution in [-0.4, -0.2) is 0 Å². The number of anilines is 1. The molecule has 0 heterocycles.